The average Bonchev–Trinajstić information content (AvgIpc) is 3.27. The SMILES string of the molecule is CN(CP(C)(C)=O)c1nc(N2CCC(C)(C(N)=O)CC2)c2nc(-c3ccccc3Cl)n(-c3ccc(Cl)cc3)c2n1. The number of primary amides is 1. The maximum atomic E-state index is 12.7. The Balaban J connectivity index is 1.77. The summed E-state index contributed by atoms with van der Waals surface area (Å²) in [5.41, 5.74) is 7.86. The van der Waals surface area contributed by atoms with E-state index in [2.05, 4.69) is 4.90 Å². The van der Waals surface area contributed by atoms with E-state index in [1.807, 2.05) is 72.0 Å². The van der Waals surface area contributed by atoms with E-state index in [4.69, 9.17) is 43.9 Å². The molecular formula is C28H32Cl2N7O2P. The van der Waals surface area contributed by atoms with Crippen LogP contribution in [0.4, 0.5) is 11.8 Å². The Morgan fingerprint density at radius 3 is 2.30 bits per heavy atom. The van der Waals surface area contributed by atoms with Gasteiger partial charge in [-0.05, 0) is 62.6 Å². The van der Waals surface area contributed by atoms with Gasteiger partial charge in [-0.25, -0.2) is 4.98 Å². The highest BCUT2D eigenvalue weighted by atomic mass is 35.5. The predicted octanol–water partition coefficient (Wildman–Crippen LogP) is 5.90. The molecule has 3 heterocycles. The third-order valence-corrected chi connectivity index (χ3v) is 9.02. The van der Waals surface area contributed by atoms with Gasteiger partial charge in [-0.2, -0.15) is 9.97 Å². The van der Waals surface area contributed by atoms with Gasteiger partial charge >= 0.3 is 0 Å². The second kappa shape index (κ2) is 10.7. The number of anilines is 2. The van der Waals surface area contributed by atoms with Crippen molar-refractivity contribution in [2.75, 3.05) is 49.6 Å². The summed E-state index contributed by atoms with van der Waals surface area (Å²) in [6.07, 6.45) is 1.49. The number of aromatic nitrogens is 4. The van der Waals surface area contributed by atoms with Crippen molar-refractivity contribution < 1.29 is 9.36 Å². The zero-order chi connectivity index (χ0) is 28.8. The standard InChI is InChI=1S/C28H32Cl2N7O2P/c1-28(26(31)38)13-15-36(16-14-28)24-22-25(34-27(33-24)35(2)17-40(3,4)39)37(19-11-9-18(29)10-12-19)23(32-22)20-7-5-6-8-21(20)30/h5-12H,13-17H2,1-4H3,(H2,31,38). The van der Waals surface area contributed by atoms with E-state index in [9.17, 15) is 9.36 Å². The van der Waals surface area contributed by atoms with Crippen molar-refractivity contribution in [3.8, 4) is 17.1 Å². The quantitative estimate of drug-likeness (QED) is 0.263. The van der Waals surface area contributed by atoms with E-state index in [-0.39, 0.29) is 5.91 Å². The second-order valence-electron chi connectivity index (χ2n) is 11.1. The number of nitrogens with two attached hydrogens (primary N) is 1. The number of hydrogen-bond donors (Lipinski definition) is 1. The molecule has 9 nitrogen and oxygen atoms in total. The number of hydrogen-bond acceptors (Lipinski definition) is 7. The molecular weight excluding hydrogens is 568 g/mol. The molecule has 1 amide bonds. The highest BCUT2D eigenvalue weighted by Crippen LogP contribution is 2.40. The van der Waals surface area contributed by atoms with Crippen LogP contribution in [0.2, 0.25) is 10.0 Å². The molecule has 0 spiro atoms. The first-order valence-electron chi connectivity index (χ1n) is 13.0. The molecule has 5 rings (SSSR count). The van der Waals surface area contributed by atoms with Gasteiger partial charge in [0.1, 0.15) is 13.0 Å². The molecule has 0 aliphatic carbocycles. The van der Waals surface area contributed by atoms with Crippen molar-refractivity contribution >= 4 is 59.2 Å². The summed E-state index contributed by atoms with van der Waals surface area (Å²) in [4.78, 5) is 31.1. The highest BCUT2D eigenvalue weighted by Gasteiger charge is 2.37. The minimum atomic E-state index is -2.42. The van der Waals surface area contributed by atoms with Gasteiger partial charge in [0.15, 0.2) is 17.0 Å². The Hall–Kier alpha value is -3.13. The second-order valence-corrected chi connectivity index (χ2v) is 15.3. The molecule has 40 heavy (non-hydrogen) atoms. The summed E-state index contributed by atoms with van der Waals surface area (Å²) in [6.45, 7) is 6.54. The topological polar surface area (TPSA) is 110 Å². The van der Waals surface area contributed by atoms with E-state index >= 15 is 0 Å². The van der Waals surface area contributed by atoms with Crippen LogP contribution in [0.3, 0.4) is 0 Å². The molecule has 0 bridgehead atoms. The van der Waals surface area contributed by atoms with Crippen molar-refractivity contribution in [3.05, 3.63) is 58.6 Å². The van der Waals surface area contributed by atoms with E-state index in [1.54, 1.807) is 13.3 Å². The molecule has 2 aromatic heterocycles. The van der Waals surface area contributed by atoms with Crippen molar-refractivity contribution in [3.63, 3.8) is 0 Å². The van der Waals surface area contributed by atoms with E-state index < -0.39 is 12.6 Å². The fourth-order valence-electron chi connectivity index (χ4n) is 5.01. The van der Waals surface area contributed by atoms with E-state index in [0.29, 0.717) is 71.0 Å². The monoisotopic (exact) mass is 599 g/mol. The smallest absolute Gasteiger partial charge is 0.229 e. The molecule has 2 aromatic carbocycles. The first-order valence-corrected chi connectivity index (χ1v) is 16.5. The third-order valence-electron chi connectivity index (χ3n) is 7.33. The molecule has 1 saturated heterocycles. The van der Waals surface area contributed by atoms with Crippen LogP contribution in [0.1, 0.15) is 19.8 Å². The zero-order valence-electron chi connectivity index (χ0n) is 22.9. The van der Waals surface area contributed by atoms with Crippen LogP contribution in [-0.2, 0) is 9.36 Å². The van der Waals surface area contributed by atoms with Gasteiger partial charge in [-0.15, -0.1) is 0 Å². The molecule has 1 aliphatic rings. The summed E-state index contributed by atoms with van der Waals surface area (Å²) in [5.74, 6) is 1.38. The Morgan fingerprint density at radius 1 is 1.05 bits per heavy atom. The number of carbonyl (C=O) groups is 1. The van der Waals surface area contributed by atoms with Crippen LogP contribution < -0.4 is 15.5 Å². The number of imidazole rings is 1. The van der Waals surface area contributed by atoms with Crippen molar-refractivity contribution in [1.29, 1.82) is 0 Å². The van der Waals surface area contributed by atoms with Gasteiger partial charge in [-0.3, -0.25) is 9.36 Å². The number of nitrogens with zero attached hydrogens (tertiary/aromatic N) is 6. The molecule has 0 saturated carbocycles. The summed E-state index contributed by atoms with van der Waals surface area (Å²) in [7, 11) is -0.585. The van der Waals surface area contributed by atoms with Crippen LogP contribution >= 0.6 is 30.3 Å². The number of benzene rings is 2. The van der Waals surface area contributed by atoms with Crippen molar-refractivity contribution in [2.24, 2.45) is 11.1 Å². The molecule has 1 fully saturated rings. The van der Waals surface area contributed by atoms with Crippen LogP contribution in [0, 0.1) is 5.41 Å². The molecule has 0 unspecified atom stereocenters. The lowest BCUT2D eigenvalue weighted by Crippen LogP contribution is -2.45. The number of halogens is 2. The molecule has 1 aliphatic heterocycles. The lowest BCUT2D eigenvalue weighted by Gasteiger charge is -2.38. The zero-order valence-corrected chi connectivity index (χ0v) is 25.3. The average molecular weight is 600 g/mol. The number of rotatable bonds is 7. The van der Waals surface area contributed by atoms with Gasteiger partial charge in [0.05, 0.1) is 11.3 Å². The Labute approximate surface area is 243 Å². The molecule has 4 aromatic rings. The van der Waals surface area contributed by atoms with Crippen LogP contribution in [-0.4, -0.2) is 65.2 Å². The highest BCUT2D eigenvalue weighted by molar-refractivity contribution is 7.62. The number of amides is 1. The lowest BCUT2D eigenvalue weighted by atomic mass is 9.80. The minimum absolute atomic E-state index is 0.296. The maximum Gasteiger partial charge on any atom is 0.229 e. The van der Waals surface area contributed by atoms with Crippen LogP contribution in [0.25, 0.3) is 28.2 Å². The molecule has 12 heteroatoms. The van der Waals surface area contributed by atoms with Gasteiger partial charge in [0, 0.05) is 41.8 Å². The van der Waals surface area contributed by atoms with Gasteiger partial charge < -0.3 is 20.1 Å². The normalized spacial score (nSPS) is 15.4. The van der Waals surface area contributed by atoms with Crippen molar-refractivity contribution in [2.45, 2.75) is 19.8 Å². The largest absolute Gasteiger partial charge is 0.369 e. The van der Waals surface area contributed by atoms with Gasteiger partial charge in [-0.1, -0.05) is 42.3 Å². The Bertz CT molecular complexity index is 1630. The summed E-state index contributed by atoms with van der Waals surface area (Å²) in [5, 5.41) is 1.16. The van der Waals surface area contributed by atoms with Crippen LogP contribution in [0.15, 0.2) is 48.5 Å². The Kier molecular flexibility index (Phi) is 7.59. The first kappa shape index (κ1) is 28.4. The summed E-state index contributed by atoms with van der Waals surface area (Å²) >= 11 is 12.9. The van der Waals surface area contributed by atoms with Crippen LogP contribution in [0.5, 0.6) is 0 Å². The third kappa shape index (κ3) is 5.55. The number of carbonyl (C=O) groups excluding carboxylic acids is 1. The Morgan fingerprint density at radius 2 is 1.70 bits per heavy atom. The van der Waals surface area contributed by atoms with E-state index in [0.717, 1.165) is 11.3 Å². The van der Waals surface area contributed by atoms with Gasteiger partial charge in [0.25, 0.3) is 0 Å². The van der Waals surface area contributed by atoms with Crippen molar-refractivity contribution in [1.82, 2.24) is 19.5 Å². The molecule has 210 valence electrons. The predicted molar refractivity (Wildman–Crippen MR) is 164 cm³/mol. The molecule has 0 radical (unpaired) electrons. The summed E-state index contributed by atoms with van der Waals surface area (Å²) < 4.78 is 14.7. The van der Waals surface area contributed by atoms with E-state index in [1.165, 1.54) is 0 Å². The number of fused-ring (bicyclic) bond motifs is 1. The molecule has 0 atom stereocenters. The van der Waals surface area contributed by atoms with Gasteiger partial charge in [0.2, 0.25) is 11.9 Å². The minimum Gasteiger partial charge on any atom is -0.369 e. The fourth-order valence-corrected chi connectivity index (χ4v) is 6.51. The number of piperidine rings is 1. The maximum absolute atomic E-state index is 12.7. The summed E-state index contributed by atoms with van der Waals surface area (Å²) in [6, 6.07) is 15.0. The fraction of sp³-hybridized carbons (Fsp3) is 0.357. The first-order chi connectivity index (χ1) is 18.9. The molecule has 2 N–H and O–H groups in total. The lowest BCUT2D eigenvalue weighted by molar-refractivity contribution is -0.127.